The summed E-state index contributed by atoms with van der Waals surface area (Å²) in [5, 5.41) is 0.474. The quantitative estimate of drug-likeness (QED) is 0.681. The number of carbonyl (C=O) groups is 2. The molecule has 1 fully saturated rings. The molecule has 0 N–H and O–H groups in total. The van der Waals surface area contributed by atoms with E-state index in [1.165, 1.54) is 0 Å². The van der Waals surface area contributed by atoms with Gasteiger partial charge in [-0.3, -0.25) is 9.59 Å². The van der Waals surface area contributed by atoms with E-state index in [9.17, 15) is 9.59 Å². The number of likely N-dealkylation sites (tertiary alicyclic amines) is 1. The van der Waals surface area contributed by atoms with E-state index in [1.54, 1.807) is 16.7 Å². The normalized spacial score (nSPS) is 17.2. The molecule has 0 saturated carbocycles. The summed E-state index contributed by atoms with van der Waals surface area (Å²) in [7, 11) is 0. The standard InChI is InChI=1S/C9H15NO2S/c1-7(2)13-6-9(12)10-4-3-8(11)5-10/h7H,3-6H2,1-2H3. The summed E-state index contributed by atoms with van der Waals surface area (Å²) in [5.74, 6) is 0.790. The Bertz CT molecular complexity index is 216. The van der Waals surface area contributed by atoms with Gasteiger partial charge >= 0.3 is 0 Å². The zero-order valence-corrected chi connectivity index (χ0v) is 8.89. The maximum absolute atomic E-state index is 11.4. The number of hydrogen-bond acceptors (Lipinski definition) is 3. The molecule has 0 aromatic carbocycles. The first-order valence-corrected chi connectivity index (χ1v) is 5.55. The van der Waals surface area contributed by atoms with E-state index in [4.69, 9.17) is 0 Å². The number of hydrogen-bond donors (Lipinski definition) is 0. The minimum atomic E-state index is 0.101. The highest BCUT2D eigenvalue weighted by Crippen LogP contribution is 2.12. The van der Waals surface area contributed by atoms with E-state index in [-0.39, 0.29) is 11.7 Å². The fourth-order valence-corrected chi connectivity index (χ4v) is 1.83. The number of carbonyl (C=O) groups excluding carboxylic acids is 2. The molecule has 0 bridgehead atoms. The van der Waals surface area contributed by atoms with Crippen LogP contribution in [0.15, 0.2) is 0 Å². The second-order valence-electron chi connectivity index (χ2n) is 3.46. The lowest BCUT2D eigenvalue weighted by atomic mass is 10.4. The zero-order chi connectivity index (χ0) is 9.84. The molecule has 0 aromatic heterocycles. The molecule has 74 valence electrons. The van der Waals surface area contributed by atoms with Crippen LogP contribution < -0.4 is 0 Å². The van der Waals surface area contributed by atoms with Gasteiger partial charge in [-0.1, -0.05) is 13.8 Å². The maximum atomic E-state index is 11.4. The fourth-order valence-electron chi connectivity index (χ4n) is 1.17. The lowest BCUT2D eigenvalue weighted by molar-refractivity contribution is -0.129. The van der Waals surface area contributed by atoms with Crippen molar-refractivity contribution in [1.29, 1.82) is 0 Å². The number of nitrogens with zero attached hydrogens (tertiary/aromatic N) is 1. The van der Waals surface area contributed by atoms with E-state index in [0.717, 1.165) is 0 Å². The van der Waals surface area contributed by atoms with Crippen LogP contribution in [0.25, 0.3) is 0 Å². The van der Waals surface area contributed by atoms with Gasteiger partial charge in [0.2, 0.25) is 5.91 Å². The Morgan fingerprint density at radius 1 is 1.62 bits per heavy atom. The minimum absolute atomic E-state index is 0.101. The summed E-state index contributed by atoms with van der Waals surface area (Å²) in [6, 6.07) is 0. The molecule has 0 atom stereocenters. The van der Waals surface area contributed by atoms with E-state index in [2.05, 4.69) is 13.8 Å². The van der Waals surface area contributed by atoms with E-state index in [0.29, 0.717) is 30.5 Å². The summed E-state index contributed by atoms with van der Waals surface area (Å²) >= 11 is 1.62. The number of Topliss-reactive ketones (excluding diaryl/α,β-unsaturated/α-hetero) is 1. The Hall–Kier alpha value is -0.510. The smallest absolute Gasteiger partial charge is 0.232 e. The third-order valence-electron chi connectivity index (χ3n) is 1.92. The van der Waals surface area contributed by atoms with E-state index < -0.39 is 0 Å². The van der Waals surface area contributed by atoms with Crippen molar-refractivity contribution in [3.8, 4) is 0 Å². The van der Waals surface area contributed by atoms with Crippen LogP contribution in [0.3, 0.4) is 0 Å². The van der Waals surface area contributed by atoms with Crippen molar-refractivity contribution in [2.45, 2.75) is 25.5 Å². The van der Waals surface area contributed by atoms with Crippen LogP contribution in [0.2, 0.25) is 0 Å². The van der Waals surface area contributed by atoms with E-state index >= 15 is 0 Å². The molecule has 4 heteroatoms. The van der Waals surface area contributed by atoms with Crippen molar-refractivity contribution in [3.05, 3.63) is 0 Å². The van der Waals surface area contributed by atoms with Crippen LogP contribution in [0.1, 0.15) is 20.3 Å². The van der Waals surface area contributed by atoms with Gasteiger partial charge < -0.3 is 4.90 Å². The topological polar surface area (TPSA) is 37.4 Å². The van der Waals surface area contributed by atoms with E-state index in [1.807, 2.05) is 0 Å². The zero-order valence-electron chi connectivity index (χ0n) is 8.08. The molecular formula is C9H15NO2S. The molecule has 1 saturated heterocycles. The van der Waals surface area contributed by atoms with Crippen molar-refractivity contribution in [3.63, 3.8) is 0 Å². The number of thioether (sulfide) groups is 1. The first kappa shape index (κ1) is 10.6. The van der Waals surface area contributed by atoms with Crippen molar-refractivity contribution < 1.29 is 9.59 Å². The van der Waals surface area contributed by atoms with Crippen LogP contribution >= 0.6 is 11.8 Å². The maximum Gasteiger partial charge on any atom is 0.232 e. The molecule has 1 heterocycles. The van der Waals surface area contributed by atoms with Gasteiger partial charge in [0.15, 0.2) is 5.78 Å². The summed E-state index contributed by atoms with van der Waals surface area (Å²) in [6.45, 7) is 5.08. The molecule has 0 unspecified atom stereocenters. The van der Waals surface area contributed by atoms with Gasteiger partial charge in [-0.15, -0.1) is 11.8 Å². The molecular weight excluding hydrogens is 186 g/mol. The van der Waals surface area contributed by atoms with Crippen LogP contribution in [0, 0.1) is 0 Å². The highest BCUT2D eigenvalue weighted by molar-refractivity contribution is 8.00. The molecule has 13 heavy (non-hydrogen) atoms. The van der Waals surface area contributed by atoms with Gasteiger partial charge in [0.1, 0.15) is 0 Å². The molecule has 0 spiro atoms. The second-order valence-corrected chi connectivity index (χ2v) is 5.03. The van der Waals surface area contributed by atoms with Crippen molar-refractivity contribution in [2.75, 3.05) is 18.8 Å². The third kappa shape index (κ3) is 3.38. The molecule has 1 aliphatic heterocycles. The highest BCUT2D eigenvalue weighted by atomic mass is 32.2. The first-order chi connectivity index (χ1) is 6.09. The van der Waals surface area contributed by atoms with Crippen molar-refractivity contribution >= 4 is 23.5 Å². The van der Waals surface area contributed by atoms with Crippen LogP contribution in [-0.2, 0) is 9.59 Å². The monoisotopic (exact) mass is 201 g/mol. The first-order valence-electron chi connectivity index (χ1n) is 4.50. The second kappa shape index (κ2) is 4.65. The Morgan fingerprint density at radius 3 is 2.77 bits per heavy atom. The van der Waals surface area contributed by atoms with Gasteiger partial charge in [0, 0.05) is 13.0 Å². The Kier molecular flexibility index (Phi) is 3.78. The predicted octanol–water partition coefficient (Wildman–Crippen LogP) is 0.929. The Morgan fingerprint density at radius 2 is 2.31 bits per heavy atom. The molecule has 1 aliphatic rings. The largest absolute Gasteiger partial charge is 0.334 e. The van der Waals surface area contributed by atoms with Gasteiger partial charge in [0.25, 0.3) is 0 Å². The summed E-state index contributed by atoms with van der Waals surface area (Å²) in [4.78, 5) is 24.0. The highest BCUT2D eigenvalue weighted by Gasteiger charge is 2.23. The van der Waals surface area contributed by atoms with Gasteiger partial charge in [-0.05, 0) is 5.25 Å². The van der Waals surface area contributed by atoms with Gasteiger partial charge in [-0.2, -0.15) is 0 Å². The molecule has 0 radical (unpaired) electrons. The molecule has 0 aliphatic carbocycles. The number of ketones is 1. The molecule has 1 rings (SSSR count). The van der Waals surface area contributed by atoms with Gasteiger partial charge in [0.05, 0.1) is 12.3 Å². The fraction of sp³-hybridized carbons (Fsp3) is 0.778. The predicted molar refractivity (Wildman–Crippen MR) is 53.8 cm³/mol. The third-order valence-corrected chi connectivity index (χ3v) is 3.00. The average Bonchev–Trinajstić information content (AvgIpc) is 2.47. The van der Waals surface area contributed by atoms with Crippen LogP contribution in [0.5, 0.6) is 0 Å². The number of amides is 1. The van der Waals surface area contributed by atoms with Gasteiger partial charge in [-0.25, -0.2) is 0 Å². The average molecular weight is 201 g/mol. The molecule has 1 amide bonds. The molecule has 3 nitrogen and oxygen atoms in total. The summed E-state index contributed by atoms with van der Waals surface area (Å²) in [6.07, 6.45) is 0.540. The Balaban J connectivity index is 2.27. The van der Waals surface area contributed by atoms with Crippen molar-refractivity contribution in [2.24, 2.45) is 0 Å². The van der Waals surface area contributed by atoms with Crippen molar-refractivity contribution in [1.82, 2.24) is 4.90 Å². The number of rotatable bonds is 3. The van der Waals surface area contributed by atoms with Crippen LogP contribution in [-0.4, -0.2) is 40.7 Å². The summed E-state index contributed by atoms with van der Waals surface area (Å²) in [5.41, 5.74) is 0. The molecule has 0 aromatic rings. The summed E-state index contributed by atoms with van der Waals surface area (Å²) < 4.78 is 0. The SMILES string of the molecule is CC(C)SCC(=O)N1CCC(=O)C1. The lowest BCUT2D eigenvalue weighted by Crippen LogP contribution is -2.30. The van der Waals surface area contributed by atoms with Crippen LogP contribution in [0.4, 0.5) is 0 Å². The minimum Gasteiger partial charge on any atom is -0.334 e. The lowest BCUT2D eigenvalue weighted by Gasteiger charge is -2.14. The Labute approximate surface area is 82.9 Å².